The van der Waals surface area contributed by atoms with Gasteiger partial charge in [-0.1, -0.05) is 11.2 Å². The van der Waals surface area contributed by atoms with Crippen LogP contribution in [0.25, 0.3) is 11.3 Å². The largest absolute Gasteiger partial charge is 0.485 e. The molecule has 25 heavy (non-hydrogen) atoms. The molecule has 1 aliphatic heterocycles. The van der Waals surface area contributed by atoms with Gasteiger partial charge in [0.1, 0.15) is 18.1 Å². The highest BCUT2D eigenvalue weighted by Gasteiger charge is 2.12. The van der Waals surface area contributed by atoms with Crippen molar-refractivity contribution in [3.63, 3.8) is 0 Å². The lowest BCUT2D eigenvalue weighted by Gasteiger charge is -2.29. The van der Waals surface area contributed by atoms with Crippen molar-refractivity contribution in [2.45, 2.75) is 6.61 Å². The Hall–Kier alpha value is -2.80. The fraction of sp³-hybridized carbons (Fsp3) is 0.333. The van der Waals surface area contributed by atoms with Crippen LogP contribution in [-0.4, -0.2) is 41.1 Å². The zero-order chi connectivity index (χ0) is 17.1. The third kappa shape index (κ3) is 3.66. The first kappa shape index (κ1) is 15.7. The lowest BCUT2D eigenvalue weighted by atomic mass is 10.2. The van der Waals surface area contributed by atoms with Crippen molar-refractivity contribution < 1.29 is 9.26 Å². The van der Waals surface area contributed by atoms with Crippen LogP contribution in [0.2, 0.25) is 0 Å². The van der Waals surface area contributed by atoms with Crippen LogP contribution in [0.15, 0.2) is 47.2 Å². The van der Waals surface area contributed by atoms with Crippen molar-refractivity contribution >= 4 is 5.69 Å². The van der Waals surface area contributed by atoms with Gasteiger partial charge in [0.15, 0.2) is 5.76 Å². The summed E-state index contributed by atoms with van der Waals surface area (Å²) in [5.74, 6) is 1.52. The standard InChI is InChI=1S/C18H21N5O2/c1-22-12-14(11-20-22)18-10-17(25-21-18)13-24-16-4-2-3-15(9-16)23-7-5-19-6-8-23/h2-4,9-12,19H,5-8,13H2,1H3. The Balaban J connectivity index is 1.40. The van der Waals surface area contributed by atoms with Crippen LogP contribution in [-0.2, 0) is 13.7 Å². The Morgan fingerprint density at radius 1 is 1.24 bits per heavy atom. The van der Waals surface area contributed by atoms with E-state index in [-0.39, 0.29) is 0 Å². The minimum atomic E-state index is 0.346. The lowest BCUT2D eigenvalue weighted by molar-refractivity contribution is 0.249. The summed E-state index contributed by atoms with van der Waals surface area (Å²) in [4.78, 5) is 2.36. The van der Waals surface area contributed by atoms with Crippen molar-refractivity contribution in [1.82, 2.24) is 20.3 Å². The second kappa shape index (κ2) is 6.98. The Morgan fingerprint density at radius 3 is 2.92 bits per heavy atom. The summed E-state index contributed by atoms with van der Waals surface area (Å²) in [5, 5.41) is 11.6. The summed E-state index contributed by atoms with van der Waals surface area (Å²) in [6.45, 7) is 4.40. The average Bonchev–Trinajstić information content (AvgIpc) is 3.30. The van der Waals surface area contributed by atoms with E-state index in [0.29, 0.717) is 12.4 Å². The van der Waals surface area contributed by atoms with Crippen LogP contribution in [0.3, 0.4) is 0 Å². The van der Waals surface area contributed by atoms with E-state index in [1.807, 2.05) is 31.4 Å². The van der Waals surface area contributed by atoms with Crippen molar-refractivity contribution in [2.24, 2.45) is 7.05 Å². The molecule has 7 heteroatoms. The maximum atomic E-state index is 5.88. The second-order valence-electron chi connectivity index (χ2n) is 6.10. The Morgan fingerprint density at radius 2 is 2.12 bits per heavy atom. The smallest absolute Gasteiger partial charge is 0.174 e. The zero-order valence-corrected chi connectivity index (χ0v) is 14.2. The minimum absolute atomic E-state index is 0.346. The highest BCUT2D eigenvalue weighted by Crippen LogP contribution is 2.23. The molecule has 0 atom stereocenters. The number of nitrogens with one attached hydrogen (secondary N) is 1. The number of piperazine rings is 1. The maximum Gasteiger partial charge on any atom is 0.174 e. The molecule has 3 aromatic rings. The number of benzene rings is 1. The Labute approximate surface area is 146 Å². The molecule has 0 spiro atoms. The van der Waals surface area contributed by atoms with Gasteiger partial charge in [0.05, 0.1) is 6.20 Å². The molecule has 3 heterocycles. The molecule has 1 fully saturated rings. The number of hydrogen-bond donors (Lipinski definition) is 1. The number of hydrogen-bond acceptors (Lipinski definition) is 6. The topological polar surface area (TPSA) is 68.3 Å². The number of anilines is 1. The van der Waals surface area contributed by atoms with Crippen molar-refractivity contribution in [1.29, 1.82) is 0 Å². The summed E-state index contributed by atoms with van der Waals surface area (Å²) in [7, 11) is 1.87. The van der Waals surface area contributed by atoms with Gasteiger partial charge in [-0.05, 0) is 12.1 Å². The number of rotatable bonds is 5. The van der Waals surface area contributed by atoms with E-state index in [4.69, 9.17) is 9.26 Å². The molecule has 1 aliphatic rings. The van der Waals surface area contributed by atoms with E-state index in [1.54, 1.807) is 10.9 Å². The highest BCUT2D eigenvalue weighted by atomic mass is 16.5. The molecular weight excluding hydrogens is 318 g/mol. The molecular formula is C18H21N5O2. The molecule has 1 saturated heterocycles. The van der Waals surface area contributed by atoms with Gasteiger partial charge in [-0.15, -0.1) is 0 Å². The number of aryl methyl sites for hydroxylation is 1. The molecule has 0 unspecified atom stereocenters. The number of nitrogens with zero attached hydrogens (tertiary/aromatic N) is 4. The molecule has 0 aliphatic carbocycles. The molecule has 1 aromatic carbocycles. The molecule has 130 valence electrons. The van der Waals surface area contributed by atoms with Crippen molar-refractivity contribution in [2.75, 3.05) is 31.1 Å². The predicted molar refractivity (Wildman–Crippen MR) is 94.6 cm³/mol. The maximum absolute atomic E-state index is 5.88. The van der Waals surface area contributed by atoms with Gasteiger partial charge in [0, 0.05) is 62.8 Å². The van der Waals surface area contributed by atoms with Crippen LogP contribution in [0.1, 0.15) is 5.76 Å². The van der Waals surface area contributed by atoms with Gasteiger partial charge in [0.2, 0.25) is 0 Å². The molecule has 0 bridgehead atoms. The molecule has 4 rings (SSSR count). The summed E-state index contributed by atoms with van der Waals surface area (Å²) in [5.41, 5.74) is 2.88. The van der Waals surface area contributed by atoms with Crippen LogP contribution >= 0.6 is 0 Å². The zero-order valence-electron chi connectivity index (χ0n) is 14.2. The predicted octanol–water partition coefficient (Wildman–Crippen LogP) is 2.06. The van der Waals surface area contributed by atoms with E-state index in [2.05, 4.69) is 32.6 Å². The monoisotopic (exact) mass is 339 g/mol. The molecule has 0 saturated carbocycles. The van der Waals surface area contributed by atoms with Gasteiger partial charge in [-0.2, -0.15) is 5.10 Å². The first-order valence-corrected chi connectivity index (χ1v) is 8.41. The van der Waals surface area contributed by atoms with Crippen LogP contribution in [0.4, 0.5) is 5.69 Å². The second-order valence-corrected chi connectivity index (χ2v) is 6.10. The SMILES string of the molecule is Cn1cc(-c2cc(COc3cccc(N4CCNCC4)c3)on2)cn1. The van der Waals surface area contributed by atoms with Crippen LogP contribution < -0.4 is 15.0 Å². The molecule has 2 aromatic heterocycles. The fourth-order valence-electron chi connectivity index (χ4n) is 2.92. The summed E-state index contributed by atoms with van der Waals surface area (Å²) >= 11 is 0. The van der Waals surface area contributed by atoms with Gasteiger partial charge >= 0.3 is 0 Å². The van der Waals surface area contributed by atoms with Gasteiger partial charge in [-0.3, -0.25) is 4.68 Å². The van der Waals surface area contributed by atoms with Crippen molar-refractivity contribution in [3.8, 4) is 17.0 Å². The molecule has 1 N–H and O–H groups in total. The van der Waals surface area contributed by atoms with E-state index in [1.165, 1.54) is 5.69 Å². The minimum Gasteiger partial charge on any atom is -0.485 e. The Bertz CT molecular complexity index is 835. The summed E-state index contributed by atoms with van der Waals surface area (Å²) in [6, 6.07) is 10.1. The Kier molecular flexibility index (Phi) is 4.39. The van der Waals surface area contributed by atoms with E-state index >= 15 is 0 Å². The van der Waals surface area contributed by atoms with E-state index < -0.39 is 0 Å². The van der Waals surface area contributed by atoms with E-state index in [9.17, 15) is 0 Å². The third-order valence-corrected chi connectivity index (χ3v) is 4.24. The lowest BCUT2D eigenvalue weighted by Crippen LogP contribution is -2.43. The summed E-state index contributed by atoms with van der Waals surface area (Å²) in [6.07, 6.45) is 3.67. The van der Waals surface area contributed by atoms with Crippen molar-refractivity contribution in [3.05, 3.63) is 48.5 Å². The van der Waals surface area contributed by atoms with Gasteiger partial charge in [-0.25, -0.2) is 0 Å². The van der Waals surface area contributed by atoms with Gasteiger partial charge in [0.25, 0.3) is 0 Å². The highest BCUT2D eigenvalue weighted by molar-refractivity contribution is 5.56. The fourth-order valence-corrected chi connectivity index (χ4v) is 2.92. The first-order valence-electron chi connectivity index (χ1n) is 8.41. The average molecular weight is 339 g/mol. The van der Waals surface area contributed by atoms with Gasteiger partial charge < -0.3 is 19.5 Å². The molecule has 0 amide bonds. The normalized spacial score (nSPS) is 14.7. The van der Waals surface area contributed by atoms with Crippen LogP contribution in [0, 0.1) is 0 Å². The molecule has 7 nitrogen and oxygen atoms in total. The quantitative estimate of drug-likeness (QED) is 0.767. The summed E-state index contributed by atoms with van der Waals surface area (Å²) < 4.78 is 13.0. The molecule has 0 radical (unpaired) electrons. The number of ether oxygens (including phenoxy) is 1. The van der Waals surface area contributed by atoms with E-state index in [0.717, 1.165) is 43.2 Å². The first-order chi connectivity index (χ1) is 12.3. The van der Waals surface area contributed by atoms with Crippen LogP contribution in [0.5, 0.6) is 5.75 Å². The number of aromatic nitrogens is 3. The third-order valence-electron chi connectivity index (χ3n) is 4.24.